The molecule has 0 fully saturated rings. The van der Waals surface area contributed by atoms with E-state index in [1.54, 1.807) is 0 Å². The smallest absolute Gasteiger partial charge is 0.0847 e. The molecule has 4 heteroatoms. The minimum absolute atomic E-state index is 0.00137. The van der Waals surface area contributed by atoms with E-state index in [1.165, 1.54) is 0 Å². The van der Waals surface area contributed by atoms with E-state index in [9.17, 15) is 0 Å². The van der Waals surface area contributed by atoms with Gasteiger partial charge < -0.3 is 5.32 Å². The molecule has 90 valence electrons. The van der Waals surface area contributed by atoms with Crippen molar-refractivity contribution in [1.82, 2.24) is 15.1 Å². The van der Waals surface area contributed by atoms with Crippen molar-refractivity contribution < 1.29 is 0 Å². The molecule has 0 saturated heterocycles. The fourth-order valence-electron chi connectivity index (χ4n) is 1.87. The third-order valence-electron chi connectivity index (χ3n) is 2.91. The summed E-state index contributed by atoms with van der Waals surface area (Å²) in [5.74, 6) is 0. The van der Waals surface area contributed by atoms with Crippen molar-refractivity contribution in [3.63, 3.8) is 0 Å². The van der Waals surface area contributed by atoms with Gasteiger partial charge in [-0.2, -0.15) is 5.10 Å². The second-order valence-electron chi connectivity index (χ2n) is 4.53. The number of nitrogens with one attached hydrogen (secondary N) is 1. The Kier molecular flexibility index (Phi) is 4.16. The van der Waals surface area contributed by atoms with Gasteiger partial charge in [-0.05, 0) is 14.0 Å². The fraction of sp³-hybridized carbons (Fsp3) is 0.583. The zero-order valence-electron chi connectivity index (χ0n) is 10.5. The lowest BCUT2D eigenvalue weighted by Gasteiger charge is -2.25. The van der Waals surface area contributed by atoms with Crippen LogP contribution in [0.2, 0.25) is 5.02 Å². The average molecular weight is 242 g/mol. The van der Waals surface area contributed by atoms with E-state index in [4.69, 9.17) is 11.6 Å². The van der Waals surface area contributed by atoms with E-state index < -0.39 is 0 Å². The normalized spacial score (nSPS) is 14.8. The van der Waals surface area contributed by atoms with E-state index in [1.807, 2.05) is 31.8 Å². The molecule has 1 N–H and O–H groups in total. The Morgan fingerprint density at radius 1 is 1.62 bits per heavy atom. The zero-order valence-corrected chi connectivity index (χ0v) is 11.2. The first-order valence-corrected chi connectivity index (χ1v) is 5.77. The Bertz CT molecular complexity index is 384. The van der Waals surface area contributed by atoms with Crippen molar-refractivity contribution in [2.24, 2.45) is 12.5 Å². The molecule has 16 heavy (non-hydrogen) atoms. The van der Waals surface area contributed by atoms with Crippen molar-refractivity contribution in [2.45, 2.75) is 20.3 Å². The van der Waals surface area contributed by atoms with Gasteiger partial charge in [0.05, 0.1) is 16.4 Å². The van der Waals surface area contributed by atoms with Crippen molar-refractivity contribution >= 4 is 11.6 Å². The molecule has 0 saturated carbocycles. The quantitative estimate of drug-likeness (QED) is 0.802. The van der Waals surface area contributed by atoms with Crippen LogP contribution in [-0.4, -0.2) is 23.4 Å². The van der Waals surface area contributed by atoms with E-state index >= 15 is 0 Å². The summed E-state index contributed by atoms with van der Waals surface area (Å²) in [6.45, 7) is 8.86. The maximum absolute atomic E-state index is 6.24. The summed E-state index contributed by atoms with van der Waals surface area (Å²) in [5, 5.41) is 8.27. The van der Waals surface area contributed by atoms with Crippen molar-refractivity contribution in [3.05, 3.63) is 29.1 Å². The van der Waals surface area contributed by atoms with Gasteiger partial charge in [-0.15, -0.1) is 6.58 Å². The number of rotatable bonds is 5. The summed E-state index contributed by atoms with van der Waals surface area (Å²) in [7, 11) is 3.87. The maximum Gasteiger partial charge on any atom is 0.0847 e. The molecule has 0 aliphatic carbocycles. The molecule has 0 bridgehead atoms. The highest BCUT2D eigenvalue weighted by Crippen LogP contribution is 2.28. The highest BCUT2D eigenvalue weighted by Gasteiger charge is 2.24. The van der Waals surface area contributed by atoms with Crippen LogP contribution in [0.5, 0.6) is 0 Å². The molecule has 1 aromatic rings. The standard InChI is InChI=1S/C12H20ClN3/c1-6-12(3,8-14-4)7-10-11(13)9(2)15-16(10)5/h6,14H,1,7-8H2,2-5H3. The lowest BCUT2D eigenvalue weighted by Crippen LogP contribution is -2.30. The largest absolute Gasteiger partial charge is 0.319 e. The van der Waals surface area contributed by atoms with Crippen LogP contribution in [0.4, 0.5) is 0 Å². The van der Waals surface area contributed by atoms with Crippen molar-refractivity contribution in [3.8, 4) is 0 Å². The Hall–Kier alpha value is -0.800. The van der Waals surface area contributed by atoms with Gasteiger partial charge in [-0.1, -0.05) is 24.6 Å². The molecule has 0 aromatic carbocycles. The first kappa shape index (κ1) is 13.3. The van der Waals surface area contributed by atoms with Crippen LogP contribution in [-0.2, 0) is 13.5 Å². The number of hydrogen-bond donors (Lipinski definition) is 1. The van der Waals surface area contributed by atoms with Crippen LogP contribution in [0.25, 0.3) is 0 Å². The van der Waals surface area contributed by atoms with Gasteiger partial charge in [0.25, 0.3) is 0 Å². The number of hydrogen-bond acceptors (Lipinski definition) is 2. The van der Waals surface area contributed by atoms with Gasteiger partial charge in [0.15, 0.2) is 0 Å². The molecule has 1 atom stereocenters. The monoisotopic (exact) mass is 241 g/mol. The van der Waals surface area contributed by atoms with Gasteiger partial charge in [-0.3, -0.25) is 4.68 Å². The molecule has 1 aromatic heterocycles. The van der Waals surface area contributed by atoms with Gasteiger partial charge in [0.1, 0.15) is 0 Å². The van der Waals surface area contributed by atoms with Crippen LogP contribution >= 0.6 is 11.6 Å². The highest BCUT2D eigenvalue weighted by atomic mass is 35.5. The lowest BCUT2D eigenvalue weighted by molar-refractivity contribution is 0.395. The molecule has 0 radical (unpaired) electrons. The second-order valence-corrected chi connectivity index (χ2v) is 4.91. The fourth-order valence-corrected chi connectivity index (χ4v) is 2.09. The molecule has 0 aliphatic rings. The summed E-state index contributed by atoms with van der Waals surface area (Å²) in [4.78, 5) is 0. The van der Waals surface area contributed by atoms with E-state index in [-0.39, 0.29) is 5.41 Å². The molecular formula is C12H20ClN3. The van der Waals surface area contributed by atoms with E-state index in [2.05, 4.69) is 23.9 Å². The number of aromatic nitrogens is 2. The first-order valence-electron chi connectivity index (χ1n) is 5.39. The summed E-state index contributed by atoms with van der Waals surface area (Å²) in [6, 6.07) is 0. The Labute approximate surface area is 102 Å². The molecule has 0 spiro atoms. The minimum Gasteiger partial charge on any atom is -0.319 e. The molecule has 3 nitrogen and oxygen atoms in total. The van der Waals surface area contributed by atoms with Crippen molar-refractivity contribution in [2.75, 3.05) is 13.6 Å². The highest BCUT2D eigenvalue weighted by molar-refractivity contribution is 6.31. The lowest BCUT2D eigenvalue weighted by atomic mass is 9.85. The molecule has 1 rings (SSSR count). The number of nitrogens with zero attached hydrogens (tertiary/aromatic N) is 2. The zero-order chi connectivity index (χ0) is 12.3. The van der Waals surface area contributed by atoms with E-state index in [0.717, 1.165) is 29.4 Å². The second kappa shape index (κ2) is 5.02. The topological polar surface area (TPSA) is 29.9 Å². The van der Waals surface area contributed by atoms with E-state index in [0.29, 0.717) is 0 Å². The van der Waals surface area contributed by atoms with Gasteiger partial charge in [0.2, 0.25) is 0 Å². The molecule has 1 unspecified atom stereocenters. The predicted octanol–water partition coefficient (Wildman–Crippen LogP) is 2.34. The molecular weight excluding hydrogens is 222 g/mol. The average Bonchev–Trinajstić information content (AvgIpc) is 2.46. The first-order chi connectivity index (χ1) is 7.43. The van der Waals surface area contributed by atoms with Gasteiger partial charge in [0, 0.05) is 25.4 Å². The molecule has 0 aliphatic heterocycles. The SMILES string of the molecule is C=CC(C)(CNC)Cc1c(Cl)c(C)nn1C. The third-order valence-corrected chi connectivity index (χ3v) is 3.40. The summed E-state index contributed by atoms with van der Waals surface area (Å²) < 4.78 is 1.86. The molecule has 1 heterocycles. The van der Waals surface area contributed by atoms with Crippen LogP contribution in [0.15, 0.2) is 12.7 Å². The van der Waals surface area contributed by atoms with Crippen LogP contribution in [0, 0.1) is 12.3 Å². The van der Waals surface area contributed by atoms with Crippen molar-refractivity contribution in [1.29, 1.82) is 0 Å². The maximum atomic E-state index is 6.24. The summed E-state index contributed by atoms with van der Waals surface area (Å²) in [5.41, 5.74) is 1.95. The number of halogens is 1. The van der Waals surface area contributed by atoms with Crippen LogP contribution in [0.1, 0.15) is 18.3 Å². The third kappa shape index (κ3) is 2.66. The Morgan fingerprint density at radius 2 is 2.25 bits per heavy atom. The summed E-state index contributed by atoms with van der Waals surface area (Å²) in [6.07, 6.45) is 2.82. The number of aryl methyl sites for hydroxylation is 2. The van der Waals surface area contributed by atoms with Crippen LogP contribution in [0.3, 0.4) is 0 Å². The predicted molar refractivity (Wildman–Crippen MR) is 68.9 cm³/mol. The Balaban J connectivity index is 2.98. The minimum atomic E-state index is -0.00137. The Morgan fingerprint density at radius 3 is 2.62 bits per heavy atom. The van der Waals surface area contributed by atoms with Gasteiger partial charge >= 0.3 is 0 Å². The molecule has 0 amide bonds. The summed E-state index contributed by atoms with van der Waals surface area (Å²) >= 11 is 6.24. The van der Waals surface area contributed by atoms with Gasteiger partial charge in [-0.25, -0.2) is 0 Å². The van der Waals surface area contributed by atoms with Crippen LogP contribution < -0.4 is 5.32 Å².